The number of allylic oxidation sites excluding steroid dienone is 6. The van der Waals surface area contributed by atoms with Crippen LogP contribution in [0.3, 0.4) is 0 Å². The van der Waals surface area contributed by atoms with Gasteiger partial charge in [0.15, 0.2) is 6.04 Å². The number of carboxylic acids is 1. The number of phosphoric acid groups is 1. The van der Waals surface area contributed by atoms with E-state index in [-0.39, 0.29) is 12.8 Å². The molecule has 3 unspecified atom stereocenters. The summed E-state index contributed by atoms with van der Waals surface area (Å²) in [6.45, 7) is 2.59. The van der Waals surface area contributed by atoms with Gasteiger partial charge in [0, 0.05) is 12.8 Å². The van der Waals surface area contributed by atoms with Gasteiger partial charge in [0.25, 0.3) is 0 Å². The minimum absolute atomic E-state index is 0.131. The summed E-state index contributed by atoms with van der Waals surface area (Å²) >= 11 is 0. The molecule has 0 bridgehead atoms. The monoisotopic (exact) mass is 884 g/mol. The zero-order valence-electron chi connectivity index (χ0n) is 38.7. The maximum absolute atomic E-state index is 12.3. The lowest BCUT2D eigenvalue weighted by Crippen LogP contribution is -2.43. The molecule has 0 heterocycles. The number of aliphatic hydroxyl groups excluding tert-OH is 1. The Morgan fingerprint density at radius 1 is 0.525 bits per heavy atom. The number of carbonyl (C=O) groups excluding carboxylic acids is 2. The molecular formula is C49H90NO10P. The van der Waals surface area contributed by atoms with Gasteiger partial charge >= 0.3 is 19.8 Å². The molecule has 0 aromatic heterocycles. The molecule has 0 radical (unpaired) electrons. The first-order valence-electron chi connectivity index (χ1n) is 24.5. The molecule has 61 heavy (non-hydrogen) atoms. The number of esters is 1. The second-order valence-electron chi connectivity index (χ2n) is 16.7. The van der Waals surface area contributed by atoms with Gasteiger partial charge < -0.3 is 25.2 Å². The van der Waals surface area contributed by atoms with E-state index in [9.17, 15) is 34.1 Å². The van der Waals surface area contributed by atoms with Crippen LogP contribution < -0.4 is 5.32 Å². The van der Waals surface area contributed by atoms with Gasteiger partial charge in [0.1, 0.15) is 12.7 Å². The minimum atomic E-state index is -4.76. The quantitative estimate of drug-likeness (QED) is 0.0200. The maximum atomic E-state index is 12.3. The summed E-state index contributed by atoms with van der Waals surface area (Å²) in [4.78, 5) is 46.0. The van der Waals surface area contributed by atoms with Crippen molar-refractivity contribution in [3.8, 4) is 0 Å². The molecule has 0 saturated carbocycles. The summed E-state index contributed by atoms with van der Waals surface area (Å²) in [6, 6.07) is -1.55. The molecule has 356 valence electrons. The number of hydrogen-bond donors (Lipinski definition) is 4. The number of aliphatic carboxylic acids is 1. The first-order chi connectivity index (χ1) is 29.6. The lowest BCUT2D eigenvalue weighted by atomic mass is 10.0. The third-order valence-electron chi connectivity index (χ3n) is 10.7. The fraction of sp³-hybridized carbons (Fsp3) is 0.816. The normalized spacial score (nSPS) is 13.9. The molecule has 0 spiro atoms. The average Bonchev–Trinajstić information content (AvgIpc) is 3.24. The van der Waals surface area contributed by atoms with Crippen LogP contribution in [0.15, 0.2) is 36.5 Å². The van der Waals surface area contributed by atoms with Crippen LogP contribution in [0.4, 0.5) is 0 Å². The van der Waals surface area contributed by atoms with Crippen LogP contribution in [0.2, 0.25) is 0 Å². The molecule has 0 saturated heterocycles. The highest BCUT2D eigenvalue weighted by Gasteiger charge is 2.28. The molecule has 0 aromatic rings. The van der Waals surface area contributed by atoms with Crippen molar-refractivity contribution in [1.82, 2.24) is 5.32 Å². The predicted octanol–water partition coefficient (Wildman–Crippen LogP) is 13.2. The van der Waals surface area contributed by atoms with E-state index in [0.717, 1.165) is 70.6 Å². The SMILES string of the molecule is CCCCC/C=C\C/C=C\C/C=C\CCCCCCCCC(=O)NC(COP(=O)(O)OCC(O)COC(=O)CCCCCCCCCCCCCCCCCCCC)C(=O)O. The summed E-state index contributed by atoms with van der Waals surface area (Å²) in [5.41, 5.74) is 0. The van der Waals surface area contributed by atoms with E-state index >= 15 is 0 Å². The van der Waals surface area contributed by atoms with Crippen molar-refractivity contribution >= 4 is 25.7 Å². The topological polar surface area (TPSA) is 169 Å². The van der Waals surface area contributed by atoms with Crippen LogP contribution in [0, 0.1) is 0 Å². The van der Waals surface area contributed by atoms with Crippen LogP contribution in [-0.4, -0.2) is 64.9 Å². The van der Waals surface area contributed by atoms with E-state index in [1.807, 2.05) is 0 Å². The third-order valence-corrected chi connectivity index (χ3v) is 11.6. The molecule has 0 aliphatic rings. The van der Waals surface area contributed by atoms with Crippen molar-refractivity contribution in [1.29, 1.82) is 0 Å². The first kappa shape index (κ1) is 58.7. The number of carboxylic acid groups (broad SMARTS) is 1. The highest BCUT2D eigenvalue weighted by atomic mass is 31.2. The Kier molecular flexibility index (Phi) is 42.6. The van der Waals surface area contributed by atoms with Gasteiger partial charge in [-0.05, 0) is 51.4 Å². The highest BCUT2D eigenvalue weighted by molar-refractivity contribution is 7.47. The van der Waals surface area contributed by atoms with Crippen molar-refractivity contribution in [2.45, 2.75) is 238 Å². The van der Waals surface area contributed by atoms with Crippen molar-refractivity contribution in [3.05, 3.63) is 36.5 Å². The Morgan fingerprint density at radius 2 is 0.902 bits per heavy atom. The summed E-state index contributed by atoms with van der Waals surface area (Å²) in [5, 5.41) is 21.9. The van der Waals surface area contributed by atoms with Gasteiger partial charge in [-0.15, -0.1) is 0 Å². The van der Waals surface area contributed by atoms with E-state index in [1.54, 1.807) is 0 Å². The van der Waals surface area contributed by atoms with Gasteiger partial charge in [-0.3, -0.25) is 18.6 Å². The minimum Gasteiger partial charge on any atom is -0.480 e. The smallest absolute Gasteiger partial charge is 0.472 e. The second-order valence-corrected chi connectivity index (χ2v) is 18.1. The van der Waals surface area contributed by atoms with Crippen LogP contribution in [-0.2, 0) is 32.7 Å². The molecule has 3 atom stereocenters. The van der Waals surface area contributed by atoms with Crippen molar-refractivity contribution < 1.29 is 47.8 Å². The van der Waals surface area contributed by atoms with Crippen molar-refractivity contribution in [3.63, 3.8) is 0 Å². The van der Waals surface area contributed by atoms with Crippen LogP contribution in [0.5, 0.6) is 0 Å². The number of nitrogens with one attached hydrogen (secondary N) is 1. The summed E-state index contributed by atoms with van der Waals surface area (Å²) in [6.07, 6.45) is 48.7. The number of unbranched alkanes of at least 4 members (excludes halogenated alkanes) is 26. The number of hydrogen-bond acceptors (Lipinski definition) is 8. The molecule has 1 amide bonds. The fourth-order valence-electron chi connectivity index (χ4n) is 6.85. The zero-order valence-corrected chi connectivity index (χ0v) is 39.6. The molecule has 11 nitrogen and oxygen atoms in total. The Hall–Kier alpha value is -2.30. The van der Waals surface area contributed by atoms with Gasteiger partial charge in [0.2, 0.25) is 5.91 Å². The lowest BCUT2D eigenvalue weighted by molar-refractivity contribution is -0.147. The van der Waals surface area contributed by atoms with E-state index in [0.29, 0.717) is 12.8 Å². The van der Waals surface area contributed by atoms with Gasteiger partial charge in [0.05, 0.1) is 13.2 Å². The molecule has 0 aromatic carbocycles. The largest absolute Gasteiger partial charge is 0.480 e. The molecule has 0 aliphatic heterocycles. The van der Waals surface area contributed by atoms with Crippen LogP contribution in [0.1, 0.15) is 226 Å². The fourth-order valence-corrected chi connectivity index (χ4v) is 7.63. The highest BCUT2D eigenvalue weighted by Crippen LogP contribution is 2.43. The lowest BCUT2D eigenvalue weighted by Gasteiger charge is -2.18. The van der Waals surface area contributed by atoms with Gasteiger partial charge in [-0.2, -0.15) is 0 Å². The van der Waals surface area contributed by atoms with E-state index in [1.165, 1.54) is 116 Å². The number of rotatable bonds is 46. The predicted molar refractivity (Wildman–Crippen MR) is 249 cm³/mol. The summed E-state index contributed by atoms with van der Waals surface area (Å²) < 4.78 is 26.9. The first-order valence-corrected chi connectivity index (χ1v) is 26.0. The van der Waals surface area contributed by atoms with Gasteiger partial charge in [-0.25, -0.2) is 9.36 Å². The number of amides is 1. The number of phosphoric ester groups is 1. The average molecular weight is 884 g/mol. The molecular weight excluding hydrogens is 794 g/mol. The Balaban J connectivity index is 3.86. The molecule has 0 fully saturated rings. The molecule has 4 N–H and O–H groups in total. The molecule has 0 rings (SSSR count). The van der Waals surface area contributed by atoms with E-state index in [4.69, 9.17) is 13.8 Å². The van der Waals surface area contributed by atoms with Crippen molar-refractivity contribution in [2.75, 3.05) is 19.8 Å². The van der Waals surface area contributed by atoms with E-state index in [2.05, 4.69) is 55.6 Å². The Morgan fingerprint density at radius 3 is 1.38 bits per heavy atom. The van der Waals surface area contributed by atoms with E-state index < -0.39 is 57.6 Å². The number of aliphatic hydroxyl groups is 1. The maximum Gasteiger partial charge on any atom is 0.472 e. The summed E-state index contributed by atoms with van der Waals surface area (Å²) in [5.74, 6) is -2.38. The van der Waals surface area contributed by atoms with Crippen LogP contribution >= 0.6 is 7.82 Å². The standard InChI is InChI=1S/C49H90NO10P/c1-3-5-7-9-11-13-15-17-19-21-23-24-26-28-30-32-34-36-38-40-47(52)50-46(49(54)55)44-60-61(56,57)59-43-45(51)42-58-48(53)41-39-37-35-33-31-29-27-25-22-20-18-16-14-12-10-8-6-4-2/h11,13,17,19,23-24,45-46,51H,3-10,12,14-16,18,20-22,25-44H2,1-2H3,(H,50,52)(H,54,55)(H,56,57)/b13-11-,19-17-,24-23-. The van der Waals surface area contributed by atoms with Crippen molar-refractivity contribution in [2.24, 2.45) is 0 Å². The number of carbonyl (C=O) groups is 3. The number of ether oxygens (including phenoxy) is 1. The van der Waals surface area contributed by atoms with Gasteiger partial charge in [-0.1, -0.05) is 198 Å². The Bertz CT molecular complexity index is 1180. The Labute approximate surface area is 371 Å². The van der Waals surface area contributed by atoms with Crippen LogP contribution in [0.25, 0.3) is 0 Å². The third kappa shape index (κ3) is 44.1. The second kappa shape index (κ2) is 44.3. The molecule has 0 aliphatic carbocycles. The molecule has 12 heteroatoms. The zero-order chi connectivity index (χ0) is 44.9. The summed E-state index contributed by atoms with van der Waals surface area (Å²) in [7, 11) is -4.76.